The van der Waals surface area contributed by atoms with Crippen molar-refractivity contribution in [3.63, 3.8) is 0 Å². The Labute approximate surface area is 119 Å². The zero-order chi connectivity index (χ0) is 14.1. The molecule has 2 aliphatic rings. The average Bonchev–Trinajstić information content (AvgIpc) is 2.81. The Balaban J connectivity index is 1.88. The topological polar surface area (TPSA) is 66.5 Å². The van der Waals surface area contributed by atoms with Crippen molar-refractivity contribution in [2.24, 2.45) is 10.3 Å². The Bertz CT molecular complexity index is 512. The van der Waals surface area contributed by atoms with E-state index in [1.54, 1.807) is 0 Å². The van der Waals surface area contributed by atoms with E-state index in [4.69, 9.17) is 10.5 Å². The third-order valence-corrected chi connectivity index (χ3v) is 3.86. The summed E-state index contributed by atoms with van der Waals surface area (Å²) in [7, 11) is 0. The van der Waals surface area contributed by atoms with Gasteiger partial charge in [0.2, 0.25) is 0 Å². The Morgan fingerprint density at radius 3 is 2.75 bits per heavy atom. The Morgan fingerprint density at radius 2 is 2.05 bits per heavy atom. The van der Waals surface area contributed by atoms with Gasteiger partial charge in [0.05, 0.1) is 24.6 Å². The van der Waals surface area contributed by atoms with Crippen LogP contribution in [0.3, 0.4) is 0 Å². The Hall–Kier alpha value is -1.66. The minimum Gasteiger partial charge on any atom is -0.397 e. The first-order chi connectivity index (χ1) is 9.66. The molecule has 1 aromatic rings. The molecule has 0 radical (unpaired) electrons. The van der Waals surface area contributed by atoms with Crippen LogP contribution in [0, 0.1) is 6.92 Å². The number of nitrogens with two attached hydrogens (primary N) is 1. The molecule has 108 valence electrons. The van der Waals surface area contributed by atoms with Crippen LogP contribution in [0.1, 0.15) is 12.5 Å². The molecule has 1 saturated heterocycles. The molecule has 2 N–H and O–H groups in total. The lowest BCUT2D eigenvalue weighted by Gasteiger charge is -2.37. The van der Waals surface area contributed by atoms with Crippen molar-refractivity contribution in [1.82, 2.24) is 4.90 Å². The molecule has 1 fully saturated rings. The second-order valence-electron chi connectivity index (χ2n) is 5.41. The zero-order valence-corrected chi connectivity index (χ0v) is 12.0. The molecule has 0 spiro atoms. The second-order valence-corrected chi connectivity index (χ2v) is 5.41. The fraction of sp³-hybridized carbons (Fsp3) is 0.571. The highest BCUT2D eigenvalue weighted by molar-refractivity contribution is 5.68. The number of hydrogen-bond donors (Lipinski definition) is 1. The molecule has 0 saturated carbocycles. The van der Waals surface area contributed by atoms with Gasteiger partial charge in [0, 0.05) is 13.1 Å². The van der Waals surface area contributed by atoms with Crippen LogP contribution < -0.4 is 10.7 Å². The minimum atomic E-state index is 0.129. The number of morpholine rings is 1. The summed E-state index contributed by atoms with van der Waals surface area (Å²) >= 11 is 0. The number of nitrogen functional groups attached to an aromatic ring is 1. The third-order valence-electron chi connectivity index (χ3n) is 3.86. The van der Waals surface area contributed by atoms with Gasteiger partial charge < -0.3 is 10.5 Å². The van der Waals surface area contributed by atoms with Crippen molar-refractivity contribution >= 4 is 11.4 Å². The van der Waals surface area contributed by atoms with Gasteiger partial charge in [0.1, 0.15) is 12.2 Å². The Kier molecular flexibility index (Phi) is 3.58. The van der Waals surface area contributed by atoms with E-state index >= 15 is 0 Å². The molecule has 0 bridgehead atoms. The van der Waals surface area contributed by atoms with E-state index in [9.17, 15) is 0 Å². The van der Waals surface area contributed by atoms with Crippen molar-refractivity contribution < 1.29 is 4.74 Å². The highest BCUT2D eigenvalue weighted by Crippen LogP contribution is 2.32. The monoisotopic (exact) mass is 275 g/mol. The van der Waals surface area contributed by atoms with Gasteiger partial charge in [-0.25, -0.2) is 5.01 Å². The number of aryl methyl sites for hydroxylation is 1. The van der Waals surface area contributed by atoms with Gasteiger partial charge in [-0.3, -0.25) is 4.90 Å². The van der Waals surface area contributed by atoms with Crippen LogP contribution in [0.5, 0.6) is 0 Å². The van der Waals surface area contributed by atoms with E-state index in [1.165, 1.54) is 0 Å². The van der Waals surface area contributed by atoms with Gasteiger partial charge in [-0.05, 0) is 31.5 Å². The molecule has 2 unspecified atom stereocenters. The summed E-state index contributed by atoms with van der Waals surface area (Å²) in [5, 5.41) is 10.6. The smallest absolute Gasteiger partial charge is 0.131 e. The van der Waals surface area contributed by atoms with Crippen molar-refractivity contribution in [3.05, 3.63) is 23.8 Å². The number of benzene rings is 1. The molecule has 3 rings (SSSR count). The Morgan fingerprint density at radius 1 is 1.30 bits per heavy atom. The number of anilines is 2. The molecule has 2 atom stereocenters. The first kappa shape index (κ1) is 13.3. The summed E-state index contributed by atoms with van der Waals surface area (Å²) in [6.45, 7) is 7.47. The van der Waals surface area contributed by atoms with Crippen molar-refractivity contribution in [2.75, 3.05) is 37.0 Å². The van der Waals surface area contributed by atoms with E-state index in [-0.39, 0.29) is 12.2 Å². The molecule has 2 heterocycles. The molecule has 20 heavy (non-hydrogen) atoms. The summed E-state index contributed by atoms with van der Waals surface area (Å²) in [4.78, 5) is 2.37. The third kappa shape index (κ3) is 2.36. The van der Waals surface area contributed by atoms with Crippen LogP contribution >= 0.6 is 0 Å². The molecule has 6 nitrogen and oxygen atoms in total. The van der Waals surface area contributed by atoms with Gasteiger partial charge in [0.15, 0.2) is 0 Å². The minimum absolute atomic E-state index is 0.129. The second kappa shape index (κ2) is 5.38. The quantitative estimate of drug-likeness (QED) is 0.836. The van der Waals surface area contributed by atoms with Crippen molar-refractivity contribution in [3.8, 4) is 0 Å². The maximum atomic E-state index is 6.15. The zero-order valence-electron chi connectivity index (χ0n) is 12.0. The lowest BCUT2D eigenvalue weighted by atomic mass is 10.1. The number of nitrogens with zero attached hydrogens (tertiary/aromatic N) is 4. The average molecular weight is 275 g/mol. The normalized spacial score (nSPS) is 27.2. The van der Waals surface area contributed by atoms with Gasteiger partial charge >= 0.3 is 0 Å². The highest BCUT2D eigenvalue weighted by Gasteiger charge is 2.36. The van der Waals surface area contributed by atoms with Crippen molar-refractivity contribution in [2.45, 2.75) is 26.1 Å². The predicted molar refractivity (Wildman–Crippen MR) is 78.6 cm³/mol. The first-order valence-corrected chi connectivity index (χ1v) is 7.05. The van der Waals surface area contributed by atoms with Gasteiger partial charge in [0.25, 0.3) is 0 Å². The van der Waals surface area contributed by atoms with Gasteiger partial charge in [-0.2, -0.15) is 5.11 Å². The fourth-order valence-electron chi connectivity index (χ4n) is 2.83. The summed E-state index contributed by atoms with van der Waals surface area (Å²) in [5.41, 5.74) is 8.98. The molecular formula is C14H21N5O. The van der Waals surface area contributed by atoms with Crippen LogP contribution in [0.2, 0.25) is 0 Å². The van der Waals surface area contributed by atoms with Crippen LogP contribution in [0.25, 0.3) is 0 Å². The molecule has 0 aromatic heterocycles. The fourth-order valence-corrected chi connectivity index (χ4v) is 2.83. The first-order valence-electron chi connectivity index (χ1n) is 7.05. The van der Waals surface area contributed by atoms with E-state index < -0.39 is 0 Å². The van der Waals surface area contributed by atoms with Crippen LogP contribution in [-0.4, -0.2) is 43.4 Å². The molecule has 0 aliphatic carbocycles. The number of rotatable bonds is 2. The van der Waals surface area contributed by atoms with Crippen LogP contribution in [-0.2, 0) is 4.74 Å². The van der Waals surface area contributed by atoms with E-state index in [1.807, 2.05) is 24.1 Å². The van der Waals surface area contributed by atoms with E-state index in [0.29, 0.717) is 0 Å². The SMILES string of the molecule is Cc1ccc(N2N=NC(C)C2N2CCOCC2)c(N)c1. The molecule has 0 amide bonds. The predicted octanol–water partition coefficient (Wildman–Crippen LogP) is 1.81. The van der Waals surface area contributed by atoms with Crippen LogP contribution in [0.4, 0.5) is 11.4 Å². The summed E-state index contributed by atoms with van der Waals surface area (Å²) in [6.07, 6.45) is 0.129. The van der Waals surface area contributed by atoms with Gasteiger partial charge in [-0.15, -0.1) is 0 Å². The maximum absolute atomic E-state index is 6.15. The molecular weight excluding hydrogens is 254 g/mol. The number of hydrogen-bond acceptors (Lipinski definition) is 6. The lowest BCUT2D eigenvalue weighted by Crippen LogP contribution is -2.53. The maximum Gasteiger partial charge on any atom is 0.131 e. The largest absolute Gasteiger partial charge is 0.397 e. The van der Waals surface area contributed by atoms with Gasteiger partial charge in [-0.1, -0.05) is 11.3 Å². The van der Waals surface area contributed by atoms with Crippen LogP contribution in [0.15, 0.2) is 28.5 Å². The van der Waals surface area contributed by atoms with E-state index in [0.717, 1.165) is 43.2 Å². The molecule has 2 aliphatic heterocycles. The standard InChI is InChI=1S/C14H21N5O/c1-10-3-4-13(12(15)9-10)19-14(11(2)16-17-19)18-5-7-20-8-6-18/h3-4,9,11,14H,5-8,15H2,1-2H3. The lowest BCUT2D eigenvalue weighted by molar-refractivity contribution is 0.0153. The highest BCUT2D eigenvalue weighted by atomic mass is 16.5. The summed E-state index contributed by atoms with van der Waals surface area (Å²) in [5.74, 6) is 0. The molecule has 6 heteroatoms. The summed E-state index contributed by atoms with van der Waals surface area (Å²) in [6, 6.07) is 6.19. The summed E-state index contributed by atoms with van der Waals surface area (Å²) < 4.78 is 5.43. The number of ether oxygens (including phenoxy) is 1. The van der Waals surface area contributed by atoms with E-state index in [2.05, 4.69) is 28.2 Å². The molecule has 1 aromatic carbocycles. The van der Waals surface area contributed by atoms with Crippen molar-refractivity contribution in [1.29, 1.82) is 0 Å².